The van der Waals surface area contributed by atoms with E-state index >= 15 is 0 Å². The first kappa shape index (κ1) is 18.8. The summed E-state index contributed by atoms with van der Waals surface area (Å²) in [4.78, 5) is 14.7. The zero-order valence-electron chi connectivity index (χ0n) is 15.9. The molecule has 1 aliphatic heterocycles. The fourth-order valence-corrected chi connectivity index (χ4v) is 3.22. The van der Waals surface area contributed by atoms with Gasteiger partial charge in [-0.2, -0.15) is 0 Å². The average Bonchev–Trinajstić information content (AvgIpc) is 3.22. The number of methoxy groups -OCH3 is 1. The zero-order chi connectivity index (χ0) is 19.1. The number of carbonyl (C=O) groups excluding carboxylic acids is 1. The van der Waals surface area contributed by atoms with Crippen molar-refractivity contribution in [3.05, 3.63) is 54.1 Å². The Hall–Kier alpha value is -2.95. The first-order valence-corrected chi connectivity index (χ1v) is 9.35. The van der Waals surface area contributed by atoms with Gasteiger partial charge in [0, 0.05) is 19.2 Å². The van der Waals surface area contributed by atoms with Gasteiger partial charge in [0.2, 0.25) is 5.91 Å². The van der Waals surface area contributed by atoms with Crippen LogP contribution in [0.3, 0.4) is 0 Å². The van der Waals surface area contributed by atoms with Crippen LogP contribution < -0.4 is 19.7 Å². The van der Waals surface area contributed by atoms with Gasteiger partial charge in [-0.05, 0) is 55.7 Å². The Bertz CT molecular complexity index is 811. The molecule has 1 fully saturated rings. The second-order valence-electron chi connectivity index (χ2n) is 6.38. The van der Waals surface area contributed by atoms with E-state index in [0.717, 1.165) is 30.0 Å². The third-order valence-electron chi connectivity index (χ3n) is 4.52. The standard InChI is InChI=1S/C22H26N2O3/c1-3-27-21-16-17(10-12-20(21)26-2)11-13-22(25)23-18-8-4-5-9-19(18)24-14-6-7-15-24/h4-5,8-13,16H,3,6-7,14-15H2,1-2H3,(H,23,25)/b13-11+. The lowest BCUT2D eigenvalue weighted by Gasteiger charge is -2.21. The fourth-order valence-electron chi connectivity index (χ4n) is 3.22. The summed E-state index contributed by atoms with van der Waals surface area (Å²) in [5.41, 5.74) is 2.81. The summed E-state index contributed by atoms with van der Waals surface area (Å²) in [5.74, 6) is 1.19. The highest BCUT2D eigenvalue weighted by molar-refractivity contribution is 6.03. The van der Waals surface area contributed by atoms with Gasteiger partial charge in [0.15, 0.2) is 11.5 Å². The Balaban J connectivity index is 1.70. The Labute approximate surface area is 160 Å². The van der Waals surface area contributed by atoms with Gasteiger partial charge in [-0.1, -0.05) is 18.2 Å². The Morgan fingerprint density at radius 1 is 1.15 bits per heavy atom. The van der Waals surface area contributed by atoms with E-state index in [1.165, 1.54) is 18.9 Å². The summed E-state index contributed by atoms with van der Waals surface area (Å²) in [6.45, 7) is 4.55. The predicted octanol–water partition coefficient (Wildman–Crippen LogP) is 4.35. The number of carbonyl (C=O) groups is 1. The molecular weight excluding hydrogens is 340 g/mol. The number of hydrogen-bond acceptors (Lipinski definition) is 4. The molecule has 0 aliphatic carbocycles. The molecule has 5 heteroatoms. The summed E-state index contributed by atoms with van der Waals surface area (Å²) in [6.07, 6.45) is 5.71. The topological polar surface area (TPSA) is 50.8 Å². The number of benzene rings is 2. The van der Waals surface area contributed by atoms with E-state index in [0.29, 0.717) is 18.1 Å². The minimum Gasteiger partial charge on any atom is -0.493 e. The Kier molecular flexibility index (Phi) is 6.36. The summed E-state index contributed by atoms with van der Waals surface area (Å²) in [5, 5.41) is 3.00. The van der Waals surface area contributed by atoms with Crippen molar-refractivity contribution in [1.82, 2.24) is 0 Å². The first-order valence-electron chi connectivity index (χ1n) is 9.35. The molecule has 27 heavy (non-hydrogen) atoms. The maximum atomic E-state index is 12.4. The lowest BCUT2D eigenvalue weighted by atomic mass is 10.2. The molecule has 0 radical (unpaired) electrons. The molecule has 0 aromatic heterocycles. The number of nitrogens with zero attached hydrogens (tertiary/aromatic N) is 1. The van der Waals surface area contributed by atoms with Gasteiger partial charge in [-0.25, -0.2) is 0 Å². The second kappa shape index (κ2) is 9.12. The van der Waals surface area contributed by atoms with Crippen LogP contribution in [0.1, 0.15) is 25.3 Å². The summed E-state index contributed by atoms with van der Waals surface area (Å²) in [6, 6.07) is 13.5. The fraction of sp³-hybridized carbons (Fsp3) is 0.318. The molecule has 1 aliphatic rings. The molecular formula is C22H26N2O3. The van der Waals surface area contributed by atoms with Crippen LogP contribution in [0.4, 0.5) is 11.4 Å². The van der Waals surface area contributed by atoms with E-state index in [9.17, 15) is 4.79 Å². The Morgan fingerprint density at radius 2 is 1.93 bits per heavy atom. The third kappa shape index (κ3) is 4.82. The van der Waals surface area contributed by atoms with Crippen LogP contribution in [0.25, 0.3) is 6.08 Å². The zero-order valence-corrected chi connectivity index (χ0v) is 15.9. The van der Waals surface area contributed by atoms with E-state index < -0.39 is 0 Å². The smallest absolute Gasteiger partial charge is 0.248 e. The van der Waals surface area contributed by atoms with E-state index in [2.05, 4.69) is 16.3 Å². The van der Waals surface area contributed by atoms with Gasteiger partial charge < -0.3 is 19.7 Å². The number of nitrogens with one attached hydrogen (secondary N) is 1. The minimum atomic E-state index is -0.157. The van der Waals surface area contributed by atoms with Gasteiger partial charge in [0.05, 0.1) is 25.1 Å². The van der Waals surface area contributed by atoms with Crippen molar-refractivity contribution in [1.29, 1.82) is 0 Å². The van der Waals surface area contributed by atoms with Crippen molar-refractivity contribution in [2.75, 3.05) is 37.0 Å². The average molecular weight is 366 g/mol. The molecule has 5 nitrogen and oxygen atoms in total. The van der Waals surface area contributed by atoms with Crippen molar-refractivity contribution in [3.63, 3.8) is 0 Å². The Morgan fingerprint density at radius 3 is 2.67 bits per heavy atom. The highest BCUT2D eigenvalue weighted by Crippen LogP contribution is 2.30. The molecule has 0 saturated carbocycles. The van der Waals surface area contributed by atoms with Crippen molar-refractivity contribution < 1.29 is 14.3 Å². The molecule has 0 spiro atoms. The molecule has 3 rings (SSSR count). The monoisotopic (exact) mass is 366 g/mol. The van der Waals surface area contributed by atoms with Gasteiger partial charge in [-0.3, -0.25) is 4.79 Å². The van der Waals surface area contributed by atoms with Crippen LogP contribution in [0.15, 0.2) is 48.5 Å². The predicted molar refractivity (Wildman–Crippen MR) is 110 cm³/mol. The van der Waals surface area contributed by atoms with Crippen molar-refractivity contribution in [2.45, 2.75) is 19.8 Å². The third-order valence-corrected chi connectivity index (χ3v) is 4.52. The molecule has 1 saturated heterocycles. The number of anilines is 2. The molecule has 0 atom stereocenters. The molecule has 142 valence electrons. The largest absolute Gasteiger partial charge is 0.493 e. The maximum absolute atomic E-state index is 12.4. The van der Waals surface area contributed by atoms with E-state index in [1.54, 1.807) is 13.2 Å². The molecule has 1 N–H and O–H groups in total. The molecule has 0 unspecified atom stereocenters. The van der Waals surface area contributed by atoms with Gasteiger partial charge in [0.1, 0.15) is 0 Å². The summed E-state index contributed by atoms with van der Waals surface area (Å²) < 4.78 is 10.9. The van der Waals surface area contributed by atoms with Crippen LogP contribution in [0, 0.1) is 0 Å². The van der Waals surface area contributed by atoms with E-state index in [-0.39, 0.29) is 5.91 Å². The second-order valence-corrected chi connectivity index (χ2v) is 6.38. The van der Waals surface area contributed by atoms with Crippen LogP contribution in [-0.4, -0.2) is 32.7 Å². The highest BCUT2D eigenvalue weighted by Gasteiger charge is 2.15. The molecule has 2 aromatic rings. The number of ether oxygens (including phenoxy) is 2. The normalized spacial score (nSPS) is 13.8. The number of amides is 1. The van der Waals surface area contributed by atoms with Gasteiger partial charge in [0.25, 0.3) is 0 Å². The SMILES string of the molecule is CCOc1cc(/C=C/C(=O)Nc2ccccc2N2CCCC2)ccc1OC. The van der Waals surface area contributed by atoms with Crippen LogP contribution in [-0.2, 0) is 4.79 Å². The molecule has 1 amide bonds. The summed E-state index contributed by atoms with van der Waals surface area (Å²) >= 11 is 0. The quantitative estimate of drug-likeness (QED) is 0.741. The van der Waals surface area contributed by atoms with Crippen molar-refractivity contribution >= 4 is 23.4 Å². The molecule has 2 aromatic carbocycles. The van der Waals surface area contributed by atoms with Crippen LogP contribution in [0.5, 0.6) is 11.5 Å². The number of hydrogen-bond donors (Lipinski definition) is 1. The lowest BCUT2D eigenvalue weighted by molar-refractivity contribution is -0.111. The van der Waals surface area contributed by atoms with Crippen molar-refractivity contribution in [2.24, 2.45) is 0 Å². The number of para-hydroxylation sites is 2. The van der Waals surface area contributed by atoms with E-state index in [1.807, 2.05) is 43.3 Å². The van der Waals surface area contributed by atoms with Crippen molar-refractivity contribution in [3.8, 4) is 11.5 Å². The minimum absolute atomic E-state index is 0.157. The first-order chi connectivity index (χ1) is 13.2. The maximum Gasteiger partial charge on any atom is 0.248 e. The van der Waals surface area contributed by atoms with Gasteiger partial charge in [-0.15, -0.1) is 0 Å². The van der Waals surface area contributed by atoms with Crippen LogP contribution in [0.2, 0.25) is 0 Å². The molecule has 1 heterocycles. The lowest BCUT2D eigenvalue weighted by Crippen LogP contribution is -2.20. The van der Waals surface area contributed by atoms with Gasteiger partial charge >= 0.3 is 0 Å². The number of rotatable bonds is 7. The highest BCUT2D eigenvalue weighted by atomic mass is 16.5. The summed E-state index contributed by atoms with van der Waals surface area (Å²) in [7, 11) is 1.61. The molecule has 0 bridgehead atoms. The van der Waals surface area contributed by atoms with E-state index in [4.69, 9.17) is 9.47 Å². The van der Waals surface area contributed by atoms with Crippen LogP contribution >= 0.6 is 0 Å².